The van der Waals surface area contributed by atoms with Crippen LogP contribution >= 0.6 is 15.9 Å². The van der Waals surface area contributed by atoms with Crippen molar-refractivity contribution in [1.82, 2.24) is 4.72 Å². The van der Waals surface area contributed by atoms with Crippen LogP contribution in [0.3, 0.4) is 0 Å². The molecule has 4 nitrogen and oxygen atoms in total. The maximum Gasteiger partial charge on any atom is 0.241 e. The third-order valence-corrected chi connectivity index (χ3v) is 6.54. The Morgan fingerprint density at radius 3 is 2.43 bits per heavy atom. The van der Waals surface area contributed by atoms with Gasteiger partial charge in [-0.05, 0) is 64.7 Å². The standard InChI is InChI=1S/C15H23BrN2O2S/c1-10-5-11(2)7-13(6-10)18-21(19,20)15-8-12(9-17)3-4-14(15)16/h3-4,8,10-11,13,18H,5-7,9,17H2,1-2H3. The molecule has 2 atom stereocenters. The normalized spacial score (nSPS) is 26.8. The average molecular weight is 375 g/mol. The Kier molecular flexibility index (Phi) is 5.46. The van der Waals surface area contributed by atoms with Gasteiger partial charge in [0.2, 0.25) is 10.0 Å². The third-order valence-electron chi connectivity index (χ3n) is 4.02. The van der Waals surface area contributed by atoms with Crippen LogP contribution in [0, 0.1) is 11.8 Å². The van der Waals surface area contributed by atoms with Gasteiger partial charge in [0.15, 0.2) is 0 Å². The molecule has 1 aromatic carbocycles. The van der Waals surface area contributed by atoms with E-state index in [4.69, 9.17) is 5.73 Å². The van der Waals surface area contributed by atoms with Crippen LogP contribution in [0.2, 0.25) is 0 Å². The Morgan fingerprint density at radius 1 is 1.24 bits per heavy atom. The van der Waals surface area contributed by atoms with Crippen molar-refractivity contribution in [2.24, 2.45) is 17.6 Å². The first-order chi connectivity index (χ1) is 9.81. The summed E-state index contributed by atoms with van der Waals surface area (Å²) in [4.78, 5) is 0.274. The highest BCUT2D eigenvalue weighted by Crippen LogP contribution is 2.30. The van der Waals surface area contributed by atoms with E-state index in [2.05, 4.69) is 34.5 Å². The summed E-state index contributed by atoms with van der Waals surface area (Å²) in [5.41, 5.74) is 6.41. The fraction of sp³-hybridized carbons (Fsp3) is 0.600. The molecule has 0 aliphatic heterocycles. The van der Waals surface area contributed by atoms with Crippen molar-refractivity contribution in [3.63, 3.8) is 0 Å². The number of halogens is 1. The molecule has 0 aromatic heterocycles. The number of nitrogens with one attached hydrogen (secondary N) is 1. The van der Waals surface area contributed by atoms with Crippen LogP contribution in [-0.4, -0.2) is 14.5 Å². The van der Waals surface area contributed by atoms with Crippen molar-refractivity contribution in [3.8, 4) is 0 Å². The fourth-order valence-corrected chi connectivity index (χ4v) is 5.48. The lowest BCUT2D eigenvalue weighted by atomic mass is 9.81. The monoisotopic (exact) mass is 374 g/mol. The molecule has 0 heterocycles. The molecule has 3 N–H and O–H groups in total. The van der Waals surface area contributed by atoms with E-state index in [0.717, 1.165) is 18.4 Å². The molecule has 6 heteroatoms. The zero-order chi connectivity index (χ0) is 15.6. The predicted molar refractivity (Wildman–Crippen MR) is 88.3 cm³/mol. The first-order valence-electron chi connectivity index (χ1n) is 7.32. The molecule has 118 valence electrons. The molecule has 0 bridgehead atoms. The summed E-state index contributed by atoms with van der Waals surface area (Å²) in [5.74, 6) is 1.11. The van der Waals surface area contributed by atoms with Crippen LogP contribution in [0.5, 0.6) is 0 Å². The summed E-state index contributed by atoms with van der Waals surface area (Å²) < 4.78 is 28.7. The molecular weight excluding hydrogens is 352 g/mol. The number of benzene rings is 1. The second kappa shape index (κ2) is 6.77. The highest BCUT2D eigenvalue weighted by molar-refractivity contribution is 9.10. The smallest absolute Gasteiger partial charge is 0.241 e. The molecule has 1 fully saturated rings. The van der Waals surface area contributed by atoms with Gasteiger partial charge in [0.25, 0.3) is 0 Å². The molecule has 0 radical (unpaired) electrons. The lowest BCUT2D eigenvalue weighted by Gasteiger charge is -2.31. The molecule has 0 saturated heterocycles. The Balaban J connectivity index is 2.22. The second-order valence-electron chi connectivity index (χ2n) is 6.20. The van der Waals surface area contributed by atoms with Crippen LogP contribution in [0.1, 0.15) is 38.7 Å². The first kappa shape index (κ1) is 16.9. The number of hydrogen-bond acceptors (Lipinski definition) is 3. The van der Waals surface area contributed by atoms with Gasteiger partial charge in [0.05, 0.1) is 4.90 Å². The highest BCUT2D eigenvalue weighted by atomic mass is 79.9. The van der Waals surface area contributed by atoms with E-state index in [-0.39, 0.29) is 10.9 Å². The summed E-state index contributed by atoms with van der Waals surface area (Å²) in [5, 5.41) is 0. The summed E-state index contributed by atoms with van der Waals surface area (Å²) in [6.07, 6.45) is 2.97. The molecule has 1 saturated carbocycles. The van der Waals surface area contributed by atoms with E-state index >= 15 is 0 Å². The van der Waals surface area contributed by atoms with Crippen molar-refractivity contribution in [1.29, 1.82) is 0 Å². The zero-order valence-electron chi connectivity index (χ0n) is 12.5. The maximum absolute atomic E-state index is 12.6. The molecule has 2 unspecified atom stereocenters. The van der Waals surface area contributed by atoms with Crippen LogP contribution in [0.25, 0.3) is 0 Å². The van der Waals surface area contributed by atoms with Gasteiger partial charge in [0, 0.05) is 17.1 Å². The topological polar surface area (TPSA) is 72.2 Å². The van der Waals surface area contributed by atoms with E-state index in [1.807, 2.05) is 6.07 Å². The molecule has 2 rings (SSSR count). The van der Waals surface area contributed by atoms with E-state index in [1.165, 1.54) is 6.42 Å². The van der Waals surface area contributed by atoms with Gasteiger partial charge in [-0.25, -0.2) is 13.1 Å². The Bertz CT molecular complexity index is 594. The van der Waals surface area contributed by atoms with E-state index in [0.29, 0.717) is 22.9 Å². The van der Waals surface area contributed by atoms with Crippen molar-refractivity contribution in [2.75, 3.05) is 0 Å². The van der Waals surface area contributed by atoms with Gasteiger partial charge >= 0.3 is 0 Å². The zero-order valence-corrected chi connectivity index (χ0v) is 14.9. The molecule has 0 spiro atoms. The van der Waals surface area contributed by atoms with Gasteiger partial charge < -0.3 is 5.73 Å². The summed E-state index contributed by atoms with van der Waals surface area (Å²) in [6, 6.07) is 5.22. The highest BCUT2D eigenvalue weighted by Gasteiger charge is 2.28. The van der Waals surface area contributed by atoms with Crippen molar-refractivity contribution in [2.45, 2.75) is 50.6 Å². The van der Waals surface area contributed by atoms with Crippen LogP contribution in [-0.2, 0) is 16.6 Å². The molecular formula is C15H23BrN2O2S. The summed E-state index contributed by atoms with van der Waals surface area (Å²) in [7, 11) is -3.52. The van der Waals surface area contributed by atoms with Crippen LogP contribution in [0.15, 0.2) is 27.6 Å². The third kappa shape index (κ3) is 4.28. The predicted octanol–water partition coefficient (Wildman–Crippen LogP) is 3.01. The summed E-state index contributed by atoms with van der Waals surface area (Å²) >= 11 is 3.32. The molecule has 1 aliphatic rings. The van der Waals surface area contributed by atoms with E-state index < -0.39 is 10.0 Å². The quantitative estimate of drug-likeness (QED) is 0.850. The van der Waals surface area contributed by atoms with Gasteiger partial charge in [-0.3, -0.25) is 0 Å². The summed E-state index contributed by atoms with van der Waals surface area (Å²) in [6.45, 7) is 4.69. The number of rotatable bonds is 4. The minimum Gasteiger partial charge on any atom is -0.326 e. The number of sulfonamides is 1. The van der Waals surface area contributed by atoms with Crippen molar-refractivity contribution < 1.29 is 8.42 Å². The number of hydrogen-bond donors (Lipinski definition) is 2. The second-order valence-corrected chi connectivity index (χ2v) is 8.74. The molecule has 1 aliphatic carbocycles. The van der Waals surface area contributed by atoms with Crippen molar-refractivity contribution >= 4 is 26.0 Å². The van der Waals surface area contributed by atoms with Crippen LogP contribution < -0.4 is 10.5 Å². The molecule has 0 amide bonds. The van der Waals surface area contributed by atoms with Gasteiger partial charge in [-0.1, -0.05) is 19.9 Å². The first-order valence-corrected chi connectivity index (χ1v) is 9.60. The molecule has 1 aromatic rings. The van der Waals surface area contributed by atoms with Crippen LogP contribution in [0.4, 0.5) is 0 Å². The maximum atomic E-state index is 12.6. The van der Waals surface area contributed by atoms with Gasteiger partial charge in [-0.2, -0.15) is 0 Å². The fourth-order valence-electron chi connectivity index (χ4n) is 3.21. The minimum atomic E-state index is -3.52. The van der Waals surface area contributed by atoms with Gasteiger partial charge in [-0.15, -0.1) is 0 Å². The minimum absolute atomic E-state index is 0.0159. The Hall–Kier alpha value is -0.430. The van der Waals surface area contributed by atoms with Gasteiger partial charge in [0.1, 0.15) is 0 Å². The lowest BCUT2D eigenvalue weighted by Crippen LogP contribution is -2.40. The van der Waals surface area contributed by atoms with E-state index in [1.54, 1.807) is 12.1 Å². The Labute approximate surface area is 135 Å². The average Bonchev–Trinajstić information content (AvgIpc) is 2.37. The molecule has 21 heavy (non-hydrogen) atoms. The Morgan fingerprint density at radius 2 is 1.86 bits per heavy atom. The number of nitrogens with two attached hydrogens (primary N) is 1. The largest absolute Gasteiger partial charge is 0.326 e. The lowest BCUT2D eigenvalue weighted by molar-refractivity contribution is 0.257. The van der Waals surface area contributed by atoms with E-state index in [9.17, 15) is 8.42 Å². The SMILES string of the molecule is CC1CC(C)CC(NS(=O)(=O)c2cc(CN)ccc2Br)C1. The van der Waals surface area contributed by atoms with Crippen molar-refractivity contribution in [3.05, 3.63) is 28.2 Å².